The average Bonchev–Trinajstić information content (AvgIpc) is 2.55. The van der Waals surface area contributed by atoms with Gasteiger partial charge in [-0.15, -0.1) is 0 Å². The first kappa shape index (κ1) is 18.0. The average molecular weight is 349 g/mol. The number of methoxy groups -OCH3 is 1. The Bertz CT molecular complexity index is 750. The normalized spacial score (nSPS) is 10.4. The number of aromatic nitrogens is 2. The summed E-state index contributed by atoms with van der Waals surface area (Å²) in [5, 5.41) is 6.48. The zero-order valence-corrected chi connectivity index (χ0v) is 15.0. The van der Waals surface area contributed by atoms with Gasteiger partial charge in [0.1, 0.15) is 11.4 Å². The van der Waals surface area contributed by atoms with Crippen LogP contribution in [0.3, 0.4) is 0 Å². The molecule has 128 valence electrons. The molecule has 6 nitrogen and oxygen atoms in total. The molecule has 2 rings (SSSR count). The van der Waals surface area contributed by atoms with Crippen LogP contribution in [0.5, 0.6) is 5.75 Å². The third kappa shape index (κ3) is 4.35. The molecule has 0 fully saturated rings. The van der Waals surface area contributed by atoms with E-state index in [0.29, 0.717) is 28.1 Å². The van der Waals surface area contributed by atoms with Crippen molar-refractivity contribution < 1.29 is 9.53 Å². The van der Waals surface area contributed by atoms with Gasteiger partial charge >= 0.3 is 0 Å². The minimum absolute atomic E-state index is 0.288. The molecule has 0 atom stereocenters. The molecule has 0 unspecified atom stereocenters. The van der Waals surface area contributed by atoms with Crippen molar-refractivity contribution in [3.05, 3.63) is 40.2 Å². The number of rotatable bonds is 6. The highest BCUT2D eigenvalue weighted by molar-refractivity contribution is 6.31. The van der Waals surface area contributed by atoms with Crippen molar-refractivity contribution in [1.29, 1.82) is 0 Å². The number of nitrogens with zero attached hydrogens (tertiary/aromatic N) is 2. The standard InChI is InChI=1S/C17H21ClN4O2/c1-5-6-19-17-20-11(3)8-14(22-17)16(23)21-13-7-10(2)12(18)9-15(13)24-4/h7-9H,5-6H2,1-4H3,(H,21,23)(H,19,20,22). The molecule has 0 bridgehead atoms. The Morgan fingerprint density at radius 2 is 2.00 bits per heavy atom. The Hall–Kier alpha value is -2.34. The van der Waals surface area contributed by atoms with Crippen molar-refractivity contribution in [3.8, 4) is 5.75 Å². The van der Waals surface area contributed by atoms with Gasteiger partial charge in [-0.1, -0.05) is 18.5 Å². The highest BCUT2D eigenvalue weighted by Gasteiger charge is 2.14. The second-order valence-corrected chi connectivity index (χ2v) is 5.81. The highest BCUT2D eigenvalue weighted by atomic mass is 35.5. The van der Waals surface area contributed by atoms with Crippen LogP contribution in [0.2, 0.25) is 5.02 Å². The zero-order valence-electron chi connectivity index (χ0n) is 14.2. The number of carbonyl (C=O) groups excluding carboxylic acids is 1. The number of benzene rings is 1. The van der Waals surface area contributed by atoms with Crippen LogP contribution in [0.25, 0.3) is 0 Å². The number of hydrogen-bond acceptors (Lipinski definition) is 5. The number of amides is 1. The maximum Gasteiger partial charge on any atom is 0.274 e. The van der Waals surface area contributed by atoms with Crippen LogP contribution in [-0.2, 0) is 0 Å². The molecular formula is C17H21ClN4O2. The van der Waals surface area contributed by atoms with Gasteiger partial charge in [0.15, 0.2) is 0 Å². The Balaban J connectivity index is 2.27. The maximum absolute atomic E-state index is 12.5. The second-order valence-electron chi connectivity index (χ2n) is 5.40. The molecule has 1 aromatic heterocycles. The van der Waals surface area contributed by atoms with Gasteiger partial charge in [0.2, 0.25) is 5.95 Å². The fourth-order valence-corrected chi connectivity index (χ4v) is 2.27. The van der Waals surface area contributed by atoms with Gasteiger partial charge in [-0.2, -0.15) is 0 Å². The summed E-state index contributed by atoms with van der Waals surface area (Å²) < 4.78 is 5.27. The summed E-state index contributed by atoms with van der Waals surface area (Å²) in [6.45, 7) is 6.47. The topological polar surface area (TPSA) is 76.1 Å². The predicted molar refractivity (Wildman–Crippen MR) is 96.2 cm³/mol. The molecule has 2 aromatic rings. The van der Waals surface area contributed by atoms with E-state index >= 15 is 0 Å². The Morgan fingerprint density at radius 3 is 2.67 bits per heavy atom. The van der Waals surface area contributed by atoms with E-state index in [-0.39, 0.29) is 11.6 Å². The molecule has 2 N–H and O–H groups in total. The SMILES string of the molecule is CCCNc1nc(C)cc(C(=O)Nc2cc(C)c(Cl)cc2OC)n1. The second kappa shape index (κ2) is 7.97. The Kier molecular flexibility index (Phi) is 5.98. The smallest absolute Gasteiger partial charge is 0.274 e. The van der Waals surface area contributed by atoms with E-state index in [0.717, 1.165) is 18.5 Å². The van der Waals surface area contributed by atoms with Crippen molar-refractivity contribution in [2.24, 2.45) is 0 Å². The third-order valence-corrected chi connectivity index (χ3v) is 3.76. The highest BCUT2D eigenvalue weighted by Crippen LogP contribution is 2.31. The van der Waals surface area contributed by atoms with Crippen LogP contribution in [0.4, 0.5) is 11.6 Å². The molecule has 7 heteroatoms. The summed E-state index contributed by atoms with van der Waals surface area (Å²) in [7, 11) is 1.53. The van der Waals surface area contributed by atoms with Gasteiger partial charge in [0, 0.05) is 23.3 Å². The van der Waals surface area contributed by atoms with Crippen molar-refractivity contribution in [2.75, 3.05) is 24.3 Å². The summed E-state index contributed by atoms with van der Waals surface area (Å²) in [6.07, 6.45) is 0.945. The fourth-order valence-electron chi connectivity index (χ4n) is 2.12. The summed E-state index contributed by atoms with van der Waals surface area (Å²) >= 11 is 6.09. The van der Waals surface area contributed by atoms with Crippen LogP contribution in [-0.4, -0.2) is 29.5 Å². The number of hydrogen-bond donors (Lipinski definition) is 2. The van der Waals surface area contributed by atoms with E-state index in [1.54, 1.807) is 18.2 Å². The molecule has 0 saturated heterocycles. The molecule has 1 amide bonds. The summed E-state index contributed by atoms with van der Waals surface area (Å²) in [5.74, 6) is 0.607. The van der Waals surface area contributed by atoms with Crippen molar-refractivity contribution in [2.45, 2.75) is 27.2 Å². The van der Waals surface area contributed by atoms with Crippen LogP contribution >= 0.6 is 11.6 Å². The van der Waals surface area contributed by atoms with E-state index in [1.165, 1.54) is 7.11 Å². The molecule has 0 aliphatic heterocycles. The lowest BCUT2D eigenvalue weighted by molar-refractivity contribution is 0.102. The minimum atomic E-state index is -0.333. The van der Waals surface area contributed by atoms with Gasteiger partial charge in [0.25, 0.3) is 5.91 Å². The summed E-state index contributed by atoms with van der Waals surface area (Å²) in [6, 6.07) is 5.08. The molecule has 0 aliphatic carbocycles. The van der Waals surface area contributed by atoms with Gasteiger partial charge in [-0.05, 0) is 38.0 Å². The number of nitrogens with one attached hydrogen (secondary N) is 2. The molecule has 1 aromatic carbocycles. The zero-order chi connectivity index (χ0) is 17.7. The number of halogens is 1. The summed E-state index contributed by atoms with van der Waals surface area (Å²) in [4.78, 5) is 21.1. The fraction of sp³-hybridized carbons (Fsp3) is 0.353. The molecule has 0 saturated carbocycles. The van der Waals surface area contributed by atoms with E-state index < -0.39 is 0 Å². The van der Waals surface area contributed by atoms with E-state index in [4.69, 9.17) is 16.3 Å². The monoisotopic (exact) mass is 348 g/mol. The Labute approximate surface area is 146 Å². The van der Waals surface area contributed by atoms with Crippen molar-refractivity contribution in [3.63, 3.8) is 0 Å². The molecule has 1 heterocycles. The molecular weight excluding hydrogens is 328 g/mol. The first-order chi connectivity index (χ1) is 11.4. The summed E-state index contributed by atoms with van der Waals surface area (Å²) in [5.41, 5.74) is 2.39. The van der Waals surface area contributed by atoms with Crippen molar-refractivity contribution in [1.82, 2.24) is 9.97 Å². The van der Waals surface area contributed by atoms with E-state index in [9.17, 15) is 4.79 Å². The lowest BCUT2D eigenvalue weighted by Gasteiger charge is -2.13. The predicted octanol–water partition coefficient (Wildman–Crippen LogP) is 3.83. The number of anilines is 2. The number of ether oxygens (including phenoxy) is 1. The molecule has 0 aliphatic rings. The van der Waals surface area contributed by atoms with Gasteiger partial charge in [-0.25, -0.2) is 9.97 Å². The maximum atomic E-state index is 12.5. The van der Waals surface area contributed by atoms with Gasteiger partial charge in [0.05, 0.1) is 12.8 Å². The van der Waals surface area contributed by atoms with Gasteiger partial charge in [-0.3, -0.25) is 4.79 Å². The van der Waals surface area contributed by atoms with Gasteiger partial charge < -0.3 is 15.4 Å². The molecule has 0 radical (unpaired) electrons. The van der Waals surface area contributed by atoms with Crippen molar-refractivity contribution >= 4 is 29.1 Å². The minimum Gasteiger partial charge on any atom is -0.495 e. The number of aryl methyl sites for hydroxylation is 2. The van der Waals surface area contributed by atoms with Crippen LogP contribution in [0.15, 0.2) is 18.2 Å². The first-order valence-electron chi connectivity index (χ1n) is 7.69. The third-order valence-electron chi connectivity index (χ3n) is 3.35. The quantitative estimate of drug-likeness (QED) is 0.829. The lowest BCUT2D eigenvalue weighted by Crippen LogP contribution is -2.17. The van der Waals surface area contributed by atoms with Crippen LogP contribution in [0, 0.1) is 13.8 Å². The van der Waals surface area contributed by atoms with Crippen LogP contribution < -0.4 is 15.4 Å². The number of carbonyl (C=O) groups is 1. The van der Waals surface area contributed by atoms with E-state index in [1.807, 2.05) is 20.8 Å². The van der Waals surface area contributed by atoms with E-state index in [2.05, 4.69) is 20.6 Å². The molecule has 0 spiro atoms. The molecule has 24 heavy (non-hydrogen) atoms. The Morgan fingerprint density at radius 1 is 1.25 bits per heavy atom. The lowest BCUT2D eigenvalue weighted by atomic mass is 10.2. The largest absolute Gasteiger partial charge is 0.495 e. The van der Waals surface area contributed by atoms with Crippen LogP contribution in [0.1, 0.15) is 35.1 Å². The first-order valence-corrected chi connectivity index (χ1v) is 8.07.